The Morgan fingerprint density at radius 2 is 1.78 bits per heavy atom. The van der Waals surface area contributed by atoms with Crippen molar-refractivity contribution in [3.63, 3.8) is 0 Å². The number of rotatable bonds is 1. The zero-order valence-electron chi connectivity index (χ0n) is 10.9. The third-order valence-electron chi connectivity index (χ3n) is 4.98. The molecular formula is C14H22N2O2. The Labute approximate surface area is 108 Å². The third kappa shape index (κ3) is 2.02. The molecule has 0 radical (unpaired) electrons. The van der Waals surface area contributed by atoms with E-state index in [1.54, 1.807) is 4.90 Å². The zero-order valence-corrected chi connectivity index (χ0v) is 10.9. The van der Waals surface area contributed by atoms with Crippen LogP contribution in [-0.4, -0.2) is 29.4 Å². The Hall–Kier alpha value is -1.06. The summed E-state index contributed by atoms with van der Waals surface area (Å²) < 4.78 is 0. The van der Waals surface area contributed by atoms with Crippen LogP contribution in [0.2, 0.25) is 0 Å². The molecule has 0 bridgehead atoms. The number of hydrogen-bond donors (Lipinski definition) is 1. The van der Waals surface area contributed by atoms with Crippen LogP contribution in [0.15, 0.2) is 0 Å². The summed E-state index contributed by atoms with van der Waals surface area (Å²) in [7, 11) is 0. The lowest BCUT2D eigenvalue weighted by Crippen LogP contribution is -2.48. The van der Waals surface area contributed by atoms with Gasteiger partial charge in [-0.15, -0.1) is 0 Å². The van der Waals surface area contributed by atoms with Gasteiger partial charge in [-0.2, -0.15) is 0 Å². The molecule has 1 saturated heterocycles. The maximum atomic E-state index is 12.4. The molecule has 1 N–H and O–H groups in total. The van der Waals surface area contributed by atoms with Crippen molar-refractivity contribution < 1.29 is 9.59 Å². The topological polar surface area (TPSA) is 49.4 Å². The lowest BCUT2D eigenvalue weighted by molar-refractivity contribution is -0.133. The molecule has 3 aliphatic rings. The van der Waals surface area contributed by atoms with Gasteiger partial charge in [0, 0.05) is 19.0 Å². The molecular weight excluding hydrogens is 228 g/mol. The zero-order chi connectivity index (χ0) is 12.6. The van der Waals surface area contributed by atoms with Crippen LogP contribution >= 0.6 is 0 Å². The SMILES string of the molecule is O=C1CC2(CCC2)CNC(=O)N1C1CCCCC1. The van der Waals surface area contributed by atoms with Gasteiger partial charge in [0.1, 0.15) is 0 Å². The van der Waals surface area contributed by atoms with E-state index in [1.807, 2.05) is 0 Å². The van der Waals surface area contributed by atoms with Crippen LogP contribution in [0.4, 0.5) is 4.79 Å². The highest BCUT2D eigenvalue weighted by Gasteiger charge is 2.45. The van der Waals surface area contributed by atoms with E-state index in [1.165, 1.54) is 12.8 Å². The summed E-state index contributed by atoms with van der Waals surface area (Å²) in [6, 6.07) is 0.0113. The molecule has 1 heterocycles. The van der Waals surface area contributed by atoms with Crippen molar-refractivity contribution >= 4 is 11.9 Å². The van der Waals surface area contributed by atoms with Crippen LogP contribution in [0.3, 0.4) is 0 Å². The minimum atomic E-state index is -0.143. The molecule has 2 aliphatic carbocycles. The summed E-state index contributed by atoms with van der Waals surface area (Å²) in [5, 5.41) is 2.98. The fourth-order valence-corrected chi connectivity index (χ4v) is 3.67. The van der Waals surface area contributed by atoms with Crippen LogP contribution < -0.4 is 5.32 Å². The van der Waals surface area contributed by atoms with Crippen LogP contribution in [0.1, 0.15) is 57.8 Å². The number of nitrogens with one attached hydrogen (secondary N) is 1. The summed E-state index contributed by atoms with van der Waals surface area (Å²) in [6.07, 6.45) is 9.48. The summed E-state index contributed by atoms with van der Waals surface area (Å²) in [6.45, 7) is 0.695. The second kappa shape index (κ2) is 4.56. The standard InChI is InChI=1S/C14H22N2O2/c17-12-9-14(7-4-8-14)10-15-13(18)16(12)11-5-2-1-3-6-11/h11H,1-10H2,(H,15,18). The number of hydrogen-bond acceptors (Lipinski definition) is 2. The molecule has 3 rings (SSSR count). The maximum absolute atomic E-state index is 12.4. The second-order valence-electron chi connectivity index (χ2n) is 6.24. The van der Waals surface area contributed by atoms with E-state index in [0.29, 0.717) is 13.0 Å². The molecule has 0 atom stereocenters. The molecule has 2 saturated carbocycles. The first kappa shape index (κ1) is 12.0. The molecule has 0 aromatic rings. The van der Waals surface area contributed by atoms with Gasteiger partial charge >= 0.3 is 6.03 Å². The Morgan fingerprint density at radius 1 is 1.06 bits per heavy atom. The smallest absolute Gasteiger partial charge is 0.324 e. The quantitative estimate of drug-likeness (QED) is 0.777. The molecule has 4 nitrogen and oxygen atoms in total. The monoisotopic (exact) mass is 250 g/mol. The first-order valence-electron chi connectivity index (χ1n) is 7.30. The third-order valence-corrected chi connectivity index (χ3v) is 4.98. The summed E-state index contributed by atoms with van der Waals surface area (Å²) in [5.74, 6) is 0.0663. The Morgan fingerprint density at radius 3 is 2.39 bits per heavy atom. The van der Waals surface area contributed by atoms with Crippen molar-refractivity contribution in [1.82, 2.24) is 10.2 Å². The fourth-order valence-electron chi connectivity index (χ4n) is 3.67. The van der Waals surface area contributed by atoms with Gasteiger partial charge in [0.05, 0.1) is 0 Å². The molecule has 18 heavy (non-hydrogen) atoms. The summed E-state index contributed by atoms with van der Waals surface area (Å²) >= 11 is 0. The Kier molecular flexibility index (Phi) is 3.04. The van der Waals surface area contributed by atoms with Gasteiger partial charge < -0.3 is 5.32 Å². The van der Waals surface area contributed by atoms with Gasteiger partial charge in [-0.25, -0.2) is 4.79 Å². The number of urea groups is 1. The van der Waals surface area contributed by atoms with Crippen molar-refractivity contribution in [2.45, 2.75) is 63.8 Å². The van der Waals surface area contributed by atoms with E-state index in [2.05, 4.69) is 5.32 Å². The van der Waals surface area contributed by atoms with E-state index < -0.39 is 0 Å². The number of carbonyl (C=O) groups excluding carboxylic acids is 2. The van der Waals surface area contributed by atoms with Gasteiger partial charge in [-0.3, -0.25) is 9.69 Å². The van der Waals surface area contributed by atoms with Crippen LogP contribution in [-0.2, 0) is 4.79 Å². The van der Waals surface area contributed by atoms with Crippen LogP contribution in [0.5, 0.6) is 0 Å². The number of carbonyl (C=O) groups is 2. The number of nitrogens with zero attached hydrogens (tertiary/aromatic N) is 1. The lowest BCUT2D eigenvalue weighted by atomic mass is 9.66. The average Bonchev–Trinajstić information content (AvgIpc) is 2.46. The van der Waals surface area contributed by atoms with E-state index in [4.69, 9.17) is 0 Å². The van der Waals surface area contributed by atoms with Crippen molar-refractivity contribution in [2.75, 3.05) is 6.54 Å². The Bertz CT molecular complexity index is 357. The molecule has 0 aromatic heterocycles. The fraction of sp³-hybridized carbons (Fsp3) is 0.857. The molecule has 3 amide bonds. The molecule has 0 aromatic carbocycles. The molecule has 0 unspecified atom stereocenters. The molecule has 100 valence electrons. The number of imide groups is 1. The van der Waals surface area contributed by atoms with E-state index in [-0.39, 0.29) is 23.4 Å². The first-order valence-corrected chi connectivity index (χ1v) is 7.30. The highest BCUT2D eigenvalue weighted by molar-refractivity contribution is 5.96. The Balaban J connectivity index is 1.75. The van der Waals surface area contributed by atoms with Crippen molar-refractivity contribution in [2.24, 2.45) is 5.41 Å². The largest absolute Gasteiger partial charge is 0.337 e. The van der Waals surface area contributed by atoms with E-state index in [0.717, 1.165) is 38.5 Å². The molecule has 3 fully saturated rings. The molecule has 1 spiro atoms. The van der Waals surface area contributed by atoms with Crippen LogP contribution in [0, 0.1) is 5.41 Å². The predicted octanol–water partition coefficient (Wildman–Crippen LogP) is 2.43. The van der Waals surface area contributed by atoms with Gasteiger partial charge in [0.2, 0.25) is 5.91 Å². The number of amides is 3. The highest BCUT2D eigenvalue weighted by Crippen LogP contribution is 2.45. The average molecular weight is 250 g/mol. The van der Waals surface area contributed by atoms with E-state index in [9.17, 15) is 9.59 Å². The lowest BCUT2D eigenvalue weighted by Gasteiger charge is -2.40. The minimum absolute atomic E-state index is 0.0663. The van der Waals surface area contributed by atoms with Crippen molar-refractivity contribution in [3.8, 4) is 0 Å². The van der Waals surface area contributed by atoms with Crippen molar-refractivity contribution in [3.05, 3.63) is 0 Å². The minimum Gasteiger partial charge on any atom is -0.337 e. The maximum Gasteiger partial charge on any atom is 0.324 e. The normalized spacial score (nSPS) is 28.8. The van der Waals surface area contributed by atoms with Gasteiger partial charge in [-0.05, 0) is 31.1 Å². The molecule has 4 heteroatoms. The summed E-state index contributed by atoms with van der Waals surface area (Å²) in [4.78, 5) is 26.1. The summed E-state index contributed by atoms with van der Waals surface area (Å²) in [5.41, 5.74) is 0.0934. The van der Waals surface area contributed by atoms with Gasteiger partial charge in [-0.1, -0.05) is 25.7 Å². The van der Waals surface area contributed by atoms with E-state index >= 15 is 0 Å². The van der Waals surface area contributed by atoms with Crippen molar-refractivity contribution in [1.29, 1.82) is 0 Å². The van der Waals surface area contributed by atoms with Gasteiger partial charge in [0.25, 0.3) is 0 Å². The highest BCUT2D eigenvalue weighted by atomic mass is 16.2. The predicted molar refractivity (Wildman–Crippen MR) is 68.0 cm³/mol. The first-order chi connectivity index (χ1) is 8.70. The van der Waals surface area contributed by atoms with Gasteiger partial charge in [0.15, 0.2) is 0 Å². The van der Waals surface area contributed by atoms with Crippen LogP contribution in [0.25, 0.3) is 0 Å². The second-order valence-corrected chi connectivity index (χ2v) is 6.24. The molecule has 1 aliphatic heterocycles.